The van der Waals surface area contributed by atoms with Crippen LogP contribution in [-0.4, -0.2) is 32.1 Å². The molecule has 1 atom stereocenters. The zero-order valence-electron chi connectivity index (χ0n) is 12.2. The Balaban J connectivity index is 1.66. The largest absolute Gasteiger partial charge is 0.483 e. The van der Waals surface area contributed by atoms with Crippen LogP contribution in [0.15, 0.2) is 24.3 Å². The van der Waals surface area contributed by atoms with Crippen molar-refractivity contribution in [1.82, 2.24) is 10.6 Å². The fourth-order valence-electron chi connectivity index (χ4n) is 2.51. The molecule has 2 N–H and O–H groups in total. The number of nitrogens with one attached hydrogen (secondary N) is 2. The third-order valence-electron chi connectivity index (χ3n) is 3.75. The number of amides is 1. The Labute approximate surface area is 120 Å². The molecule has 1 aliphatic heterocycles. The summed E-state index contributed by atoms with van der Waals surface area (Å²) in [5.41, 5.74) is 1.14. The van der Waals surface area contributed by atoms with E-state index in [0.29, 0.717) is 5.92 Å². The predicted octanol–water partition coefficient (Wildman–Crippen LogP) is 1.74. The topological polar surface area (TPSA) is 50.4 Å². The number of carbonyl (C=O) groups is 1. The van der Waals surface area contributed by atoms with E-state index in [4.69, 9.17) is 4.74 Å². The van der Waals surface area contributed by atoms with E-state index in [-0.39, 0.29) is 12.5 Å². The smallest absolute Gasteiger partial charge is 0.257 e. The van der Waals surface area contributed by atoms with Crippen molar-refractivity contribution in [3.05, 3.63) is 29.8 Å². The van der Waals surface area contributed by atoms with Gasteiger partial charge < -0.3 is 15.4 Å². The van der Waals surface area contributed by atoms with Crippen molar-refractivity contribution in [2.24, 2.45) is 5.92 Å². The molecule has 0 saturated carbocycles. The Morgan fingerprint density at radius 2 is 2.30 bits per heavy atom. The van der Waals surface area contributed by atoms with Crippen molar-refractivity contribution in [1.29, 1.82) is 0 Å². The molecule has 0 bridgehead atoms. The van der Waals surface area contributed by atoms with Gasteiger partial charge in [-0.15, -0.1) is 0 Å². The molecule has 0 aromatic heterocycles. The number of ether oxygens (including phenoxy) is 1. The van der Waals surface area contributed by atoms with E-state index in [2.05, 4.69) is 17.6 Å². The van der Waals surface area contributed by atoms with Crippen molar-refractivity contribution < 1.29 is 9.53 Å². The average Bonchev–Trinajstić information content (AvgIpc) is 2.98. The number of hydrogen-bond acceptors (Lipinski definition) is 3. The van der Waals surface area contributed by atoms with E-state index in [1.165, 1.54) is 6.42 Å². The summed E-state index contributed by atoms with van der Waals surface area (Å²) in [4.78, 5) is 11.7. The Kier molecular flexibility index (Phi) is 5.87. The molecule has 1 unspecified atom stereocenters. The van der Waals surface area contributed by atoms with Crippen LogP contribution in [0.4, 0.5) is 0 Å². The lowest BCUT2D eigenvalue weighted by Crippen LogP contribution is -2.31. The van der Waals surface area contributed by atoms with E-state index in [9.17, 15) is 4.79 Å². The molecule has 1 aromatic carbocycles. The van der Waals surface area contributed by atoms with E-state index in [1.54, 1.807) is 0 Å². The van der Waals surface area contributed by atoms with Gasteiger partial charge >= 0.3 is 0 Å². The fraction of sp³-hybridized carbons (Fsp3) is 0.562. The molecule has 0 spiro atoms. The predicted molar refractivity (Wildman–Crippen MR) is 79.9 cm³/mol. The monoisotopic (exact) mass is 276 g/mol. The van der Waals surface area contributed by atoms with E-state index in [0.717, 1.165) is 43.8 Å². The minimum absolute atomic E-state index is 0.0399. The molecule has 4 nitrogen and oxygen atoms in total. The van der Waals surface area contributed by atoms with Crippen molar-refractivity contribution in [2.45, 2.75) is 26.2 Å². The lowest BCUT2D eigenvalue weighted by atomic mass is 10.1. The van der Waals surface area contributed by atoms with Crippen LogP contribution in [0.1, 0.15) is 25.3 Å². The van der Waals surface area contributed by atoms with Crippen LogP contribution >= 0.6 is 0 Å². The molecule has 4 heteroatoms. The number of aryl methyl sites for hydroxylation is 1. The molecular weight excluding hydrogens is 252 g/mol. The maximum atomic E-state index is 11.7. The summed E-state index contributed by atoms with van der Waals surface area (Å²) in [5, 5.41) is 6.26. The van der Waals surface area contributed by atoms with Crippen LogP contribution in [0.2, 0.25) is 0 Å². The molecule has 0 aliphatic carbocycles. The Morgan fingerprint density at radius 1 is 1.45 bits per heavy atom. The van der Waals surface area contributed by atoms with Gasteiger partial charge in [0.25, 0.3) is 5.91 Å². The number of rotatable bonds is 7. The van der Waals surface area contributed by atoms with Crippen LogP contribution in [0.25, 0.3) is 0 Å². The molecule has 1 heterocycles. The first-order valence-electron chi connectivity index (χ1n) is 7.47. The number of benzene rings is 1. The summed E-state index contributed by atoms with van der Waals surface area (Å²) >= 11 is 0. The highest BCUT2D eigenvalue weighted by Crippen LogP contribution is 2.18. The fourth-order valence-corrected chi connectivity index (χ4v) is 2.51. The van der Waals surface area contributed by atoms with Crippen molar-refractivity contribution >= 4 is 5.91 Å². The van der Waals surface area contributed by atoms with Crippen molar-refractivity contribution in [2.75, 3.05) is 26.2 Å². The second-order valence-corrected chi connectivity index (χ2v) is 5.25. The molecule has 110 valence electrons. The highest BCUT2D eigenvalue weighted by Gasteiger charge is 2.14. The normalized spacial score (nSPS) is 17.9. The zero-order valence-corrected chi connectivity index (χ0v) is 12.2. The Hall–Kier alpha value is -1.55. The van der Waals surface area contributed by atoms with Gasteiger partial charge in [0.05, 0.1) is 0 Å². The molecule has 20 heavy (non-hydrogen) atoms. The Bertz CT molecular complexity index is 428. The van der Waals surface area contributed by atoms with Crippen molar-refractivity contribution in [3.63, 3.8) is 0 Å². The highest BCUT2D eigenvalue weighted by molar-refractivity contribution is 5.77. The molecule has 1 aliphatic rings. The third kappa shape index (κ3) is 4.53. The Morgan fingerprint density at radius 3 is 3.05 bits per heavy atom. The van der Waals surface area contributed by atoms with Gasteiger partial charge in [0, 0.05) is 6.54 Å². The standard InChI is InChI=1S/C16H24N2O2/c1-2-14-5-3-4-6-15(14)20-12-16(19)18-10-8-13-7-9-17-11-13/h3-6,13,17H,2,7-12H2,1H3,(H,18,19). The van der Waals surface area contributed by atoms with Gasteiger partial charge in [-0.3, -0.25) is 4.79 Å². The van der Waals surface area contributed by atoms with Gasteiger partial charge in [-0.05, 0) is 49.9 Å². The molecule has 1 amide bonds. The summed E-state index contributed by atoms with van der Waals surface area (Å²) in [6, 6.07) is 7.86. The van der Waals surface area contributed by atoms with Gasteiger partial charge in [0.1, 0.15) is 5.75 Å². The summed E-state index contributed by atoms with van der Waals surface area (Å²) in [5.74, 6) is 1.48. The lowest BCUT2D eigenvalue weighted by Gasteiger charge is -2.11. The van der Waals surface area contributed by atoms with Crippen molar-refractivity contribution in [3.8, 4) is 5.75 Å². The maximum Gasteiger partial charge on any atom is 0.257 e. The second kappa shape index (κ2) is 7.90. The summed E-state index contributed by atoms with van der Waals surface area (Å²) in [7, 11) is 0. The molecular formula is C16H24N2O2. The quantitative estimate of drug-likeness (QED) is 0.797. The van der Waals surface area contributed by atoms with Gasteiger partial charge in [-0.25, -0.2) is 0 Å². The van der Waals surface area contributed by atoms with Gasteiger partial charge in [0.2, 0.25) is 0 Å². The molecule has 1 aromatic rings. The first-order chi connectivity index (χ1) is 9.79. The lowest BCUT2D eigenvalue weighted by molar-refractivity contribution is -0.123. The molecule has 2 rings (SSSR count). The van der Waals surface area contributed by atoms with Crippen LogP contribution in [0, 0.1) is 5.92 Å². The van der Waals surface area contributed by atoms with Crippen LogP contribution in [0.3, 0.4) is 0 Å². The van der Waals surface area contributed by atoms with Gasteiger partial charge in [0.15, 0.2) is 6.61 Å². The molecule has 1 saturated heterocycles. The molecule has 1 fully saturated rings. The number of para-hydroxylation sites is 1. The highest BCUT2D eigenvalue weighted by atomic mass is 16.5. The summed E-state index contributed by atoms with van der Waals surface area (Å²) in [6.45, 7) is 5.10. The number of hydrogen-bond donors (Lipinski definition) is 2. The zero-order chi connectivity index (χ0) is 14.2. The van der Waals surface area contributed by atoms with Crippen LogP contribution in [-0.2, 0) is 11.2 Å². The van der Waals surface area contributed by atoms with Gasteiger partial charge in [-0.2, -0.15) is 0 Å². The minimum atomic E-state index is -0.0399. The second-order valence-electron chi connectivity index (χ2n) is 5.25. The first-order valence-corrected chi connectivity index (χ1v) is 7.47. The minimum Gasteiger partial charge on any atom is -0.483 e. The average molecular weight is 276 g/mol. The van der Waals surface area contributed by atoms with Gasteiger partial charge in [-0.1, -0.05) is 25.1 Å². The number of carbonyl (C=O) groups excluding carboxylic acids is 1. The summed E-state index contributed by atoms with van der Waals surface area (Å²) < 4.78 is 5.59. The van der Waals surface area contributed by atoms with E-state index in [1.807, 2.05) is 24.3 Å². The van der Waals surface area contributed by atoms with E-state index < -0.39 is 0 Å². The van der Waals surface area contributed by atoms with Crippen LogP contribution < -0.4 is 15.4 Å². The summed E-state index contributed by atoms with van der Waals surface area (Å²) in [6.07, 6.45) is 3.17. The van der Waals surface area contributed by atoms with E-state index >= 15 is 0 Å². The third-order valence-corrected chi connectivity index (χ3v) is 3.75. The molecule has 0 radical (unpaired) electrons. The SMILES string of the molecule is CCc1ccccc1OCC(=O)NCCC1CCNC1. The van der Waals surface area contributed by atoms with Crippen LogP contribution in [0.5, 0.6) is 5.75 Å². The maximum absolute atomic E-state index is 11.7. The first kappa shape index (κ1) is 14.9.